The van der Waals surface area contributed by atoms with E-state index in [0.29, 0.717) is 22.4 Å². The molecule has 130 valence electrons. The highest BCUT2D eigenvalue weighted by atomic mass is 35.5. The van der Waals surface area contributed by atoms with E-state index in [9.17, 15) is 8.78 Å². The van der Waals surface area contributed by atoms with Gasteiger partial charge >= 0.3 is 0 Å². The van der Waals surface area contributed by atoms with Crippen LogP contribution in [0.25, 0.3) is 0 Å². The summed E-state index contributed by atoms with van der Waals surface area (Å²) in [5, 5.41) is 10.4. The summed E-state index contributed by atoms with van der Waals surface area (Å²) in [6, 6.07) is 2.92. The fraction of sp³-hybridized carbons (Fsp3) is 0.188. The number of benzene rings is 1. The van der Waals surface area contributed by atoms with Crippen LogP contribution in [-0.2, 0) is 7.05 Å². The summed E-state index contributed by atoms with van der Waals surface area (Å²) >= 11 is 6.12. The SMILES string of the molecule is CC(Nc1nc(Nc2cnn(C)c2)ncc1Cl)c1cc(F)cc(F)c1. The Morgan fingerprint density at radius 2 is 1.88 bits per heavy atom. The van der Waals surface area contributed by atoms with E-state index in [1.54, 1.807) is 31.0 Å². The van der Waals surface area contributed by atoms with Crippen LogP contribution in [0.3, 0.4) is 0 Å². The van der Waals surface area contributed by atoms with E-state index in [0.717, 1.165) is 11.8 Å². The van der Waals surface area contributed by atoms with Gasteiger partial charge in [0.05, 0.1) is 24.1 Å². The summed E-state index contributed by atoms with van der Waals surface area (Å²) in [6.45, 7) is 1.75. The van der Waals surface area contributed by atoms with Gasteiger partial charge in [-0.1, -0.05) is 11.6 Å². The number of halogens is 3. The third kappa shape index (κ3) is 4.21. The van der Waals surface area contributed by atoms with Gasteiger partial charge < -0.3 is 10.6 Å². The second kappa shape index (κ2) is 7.02. The van der Waals surface area contributed by atoms with Crippen LogP contribution in [0.2, 0.25) is 5.02 Å². The Hall–Kier alpha value is -2.74. The fourth-order valence-electron chi connectivity index (χ4n) is 2.26. The molecule has 6 nitrogen and oxygen atoms in total. The van der Waals surface area contributed by atoms with Crippen LogP contribution >= 0.6 is 11.6 Å². The first-order valence-corrected chi connectivity index (χ1v) is 7.79. The molecule has 0 aliphatic heterocycles. The average Bonchev–Trinajstić information content (AvgIpc) is 2.94. The van der Waals surface area contributed by atoms with Gasteiger partial charge in [0, 0.05) is 19.3 Å². The van der Waals surface area contributed by atoms with Gasteiger partial charge in [-0.05, 0) is 24.6 Å². The number of hydrogen-bond acceptors (Lipinski definition) is 5. The molecular formula is C16H15ClF2N6. The highest BCUT2D eigenvalue weighted by Crippen LogP contribution is 2.26. The van der Waals surface area contributed by atoms with Crippen molar-refractivity contribution in [1.82, 2.24) is 19.7 Å². The second-order valence-corrected chi connectivity index (χ2v) is 5.89. The molecule has 0 aliphatic rings. The van der Waals surface area contributed by atoms with E-state index < -0.39 is 17.7 Å². The maximum absolute atomic E-state index is 13.4. The van der Waals surface area contributed by atoms with Crippen LogP contribution in [-0.4, -0.2) is 19.7 Å². The lowest BCUT2D eigenvalue weighted by atomic mass is 10.1. The quantitative estimate of drug-likeness (QED) is 0.714. The van der Waals surface area contributed by atoms with Gasteiger partial charge in [0.2, 0.25) is 5.95 Å². The molecule has 9 heteroatoms. The van der Waals surface area contributed by atoms with E-state index in [-0.39, 0.29) is 0 Å². The Balaban J connectivity index is 1.80. The summed E-state index contributed by atoms with van der Waals surface area (Å²) in [5.41, 5.74) is 1.16. The molecule has 2 heterocycles. The Morgan fingerprint density at radius 3 is 2.52 bits per heavy atom. The van der Waals surface area contributed by atoms with Crippen LogP contribution in [0.1, 0.15) is 18.5 Å². The molecule has 2 aromatic heterocycles. The second-order valence-electron chi connectivity index (χ2n) is 5.49. The minimum atomic E-state index is -0.642. The van der Waals surface area contributed by atoms with Crippen molar-refractivity contribution < 1.29 is 8.78 Å². The first kappa shape index (κ1) is 17.1. The monoisotopic (exact) mass is 364 g/mol. The highest BCUT2D eigenvalue weighted by Gasteiger charge is 2.13. The number of anilines is 3. The summed E-state index contributed by atoms with van der Waals surface area (Å²) < 4.78 is 28.4. The number of nitrogens with zero attached hydrogens (tertiary/aromatic N) is 4. The summed E-state index contributed by atoms with van der Waals surface area (Å²) in [7, 11) is 1.79. The minimum absolute atomic E-state index is 0.292. The molecule has 1 unspecified atom stereocenters. The highest BCUT2D eigenvalue weighted by molar-refractivity contribution is 6.32. The molecule has 0 saturated carbocycles. The smallest absolute Gasteiger partial charge is 0.229 e. The Morgan fingerprint density at radius 1 is 1.16 bits per heavy atom. The first-order valence-electron chi connectivity index (χ1n) is 7.41. The predicted molar refractivity (Wildman–Crippen MR) is 91.9 cm³/mol. The molecule has 0 bridgehead atoms. The standard InChI is InChI=1S/C16H15ClF2N6/c1-9(10-3-11(18)5-12(19)4-10)22-15-14(17)7-20-16(24-15)23-13-6-21-25(2)8-13/h3-9H,1-2H3,(H2,20,22,23,24). The van der Waals surface area contributed by atoms with Crippen LogP contribution in [0.15, 0.2) is 36.8 Å². The zero-order chi connectivity index (χ0) is 18.0. The largest absolute Gasteiger partial charge is 0.362 e. The van der Waals surface area contributed by atoms with Gasteiger partial charge in [-0.3, -0.25) is 4.68 Å². The van der Waals surface area contributed by atoms with Crippen molar-refractivity contribution in [1.29, 1.82) is 0 Å². The van der Waals surface area contributed by atoms with Gasteiger partial charge in [0.1, 0.15) is 16.7 Å². The zero-order valence-corrected chi connectivity index (χ0v) is 14.2. The van der Waals surface area contributed by atoms with E-state index in [1.165, 1.54) is 18.3 Å². The number of rotatable bonds is 5. The van der Waals surface area contributed by atoms with Crippen molar-refractivity contribution in [2.75, 3.05) is 10.6 Å². The molecule has 2 N–H and O–H groups in total. The molecule has 3 aromatic rings. The van der Waals surface area contributed by atoms with Crippen molar-refractivity contribution in [3.8, 4) is 0 Å². The lowest BCUT2D eigenvalue weighted by molar-refractivity contribution is 0.577. The lowest BCUT2D eigenvalue weighted by Gasteiger charge is -2.16. The molecule has 25 heavy (non-hydrogen) atoms. The van der Waals surface area contributed by atoms with E-state index in [2.05, 4.69) is 25.7 Å². The molecule has 1 aromatic carbocycles. The molecule has 0 fully saturated rings. The summed E-state index contributed by atoms with van der Waals surface area (Å²) in [5.74, 6) is -0.620. The maximum atomic E-state index is 13.4. The van der Waals surface area contributed by atoms with Crippen LogP contribution in [0, 0.1) is 11.6 Å². The number of nitrogens with one attached hydrogen (secondary N) is 2. The number of aryl methyl sites for hydroxylation is 1. The Labute approximate surface area is 147 Å². The molecule has 0 amide bonds. The third-order valence-corrected chi connectivity index (χ3v) is 3.72. The minimum Gasteiger partial charge on any atom is -0.362 e. The predicted octanol–water partition coefficient (Wildman–Crippen LogP) is 4.06. The average molecular weight is 365 g/mol. The van der Waals surface area contributed by atoms with Gasteiger partial charge in [-0.2, -0.15) is 10.1 Å². The topological polar surface area (TPSA) is 67.7 Å². The van der Waals surface area contributed by atoms with Gasteiger partial charge in [0.25, 0.3) is 0 Å². The van der Waals surface area contributed by atoms with Crippen LogP contribution < -0.4 is 10.6 Å². The van der Waals surface area contributed by atoms with E-state index >= 15 is 0 Å². The van der Waals surface area contributed by atoms with Crippen molar-refractivity contribution >= 4 is 29.1 Å². The number of aromatic nitrogens is 4. The zero-order valence-electron chi connectivity index (χ0n) is 13.5. The van der Waals surface area contributed by atoms with E-state index in [4.69, 9.17) is 11.6 Å². The number of hydrogen-bond donors (Lipinski definition) is 2. The molecule has 0 saturated heterocycles. The molecule has 1 atom stereocenters. The van der Waals surface area contributed by atoms with Gasteiger partial charge in [-0.15, -0.1) is 0 Å². The summed E-state index contributed by atoms with van der Waals surface area (Å²) in [4.78, 5) is 8.40. The lowest BCUT2D eigenvalue weighted by Crippen LogP contribution is -2.10. The molecule has 3 rings (SSSR count). The maximum Gasteiger partial charge on any atom is 0.229 e. The normalized spacial score (nSPS) is 12.0. The Bertz CT molecular complexity index is 878. The van der Waals surface area contributed by atoms with E-state index in [1.807, 2.05) is 0 Å². The van der Waals surface area contributed by atoms with Crippen LogP contribution in [0.4, 0.5) is 26.2 Å². The van der Waals surface area contributed by atoms with Crippen molar-refractivity contribution in [3.05, 3.63) is 59.0 Å². The van der Waals surface area contributed by atoms with Crippen LogP contribution in [0.5, 0.6) is 0 Å². The Kier molecular flexibility index (Phi) is 4.80. The fourth-order valence-corrected chi connectivity index (χ4v) is 2.40. The molecule has 0 radical (unpaired) electrons. The van der Waals surface area contributed by atoms with Gasteiger partial charge in [-0.25, -0.2) is 13.8 Å². The molecular weight excluding hydrogens is 350 g/mol. The molecule has 0 aliphatic carbocycles. The van der Waals surface area contributed by atoms with Crippen molar-refractivity contribution in [3.63, 3.8) is 0 Å². The first-order chi connectivity index (χ1) is 11.9. The van der Waals surface area contributed by atoms with Crippen molar-refractivity contribution in [2.24, 2.45) is 7.05 Å². The molecule has 0 spiro atoms. The van der Waals surface area contributed by atoms with Crippen molar-refractivity contribution in [2.45, 2.75) is 13.0 Å². The third-order valence-electron chi connectivity index (χ3n) is 3.44. The van der Waals surface area contributed by atoms with Gasteiger partial charge in [0.15, 0.2) is 5.82 Å². The summed E-state index contributed by atoms with van der Waals surface area (Å²) in [6.07, 6.45) is 4.83.